The van der Waals surface area contributed by atoms with Gasteiger partial charge >= 0.3 is 0 Å². The van der Waals surface area contributed by atoms with Crippen LogP contribution in [0.2, 0.25) is 5.02 Å². The largest absolute Gasteiger partial charge is 0.368 e. The van der Waals surface area contributed by atoms with Crippen molar-refractivity contribution in [2.24, 2.45) is 5.73 Å². The van der Waals surface area contributed by atoms with Gasteiger partial charge in [-0.15, -0.1) is 0 Å². The molecule has 3 N–H and O–H groups in total. The monoisotopic (exact) mass is 309 g/mol. The lowest BCUT2D eigenvalue weighted by Crippen LogP contribution is -2.33. The molecule has 5 heteroatoms. The summed E-state index contributed by atoms with van der Waals surface area (Å²) in [6, 6.07) is 3.58. The van der Waals surface area contributed by atoms with Gasteiger partial charge in [0.2, 0.25) is 5.91 Å². The van der Waals surface area contributed by atoms with Gasteiger partial charge < -0.3 is 16.0 Å². The summed E-state index contributed by atoms with van der Waals surface area (Å²) in [6.45, 7) is 7.51. The number of nitrogens with zero attached hydrogens (tertiary/aromatic N) is 1. The van der Waals surface area contributed by atoms with E-state index in [2.05, 4.69) is 31.0 Å². The van der Waals surface area contributed by atoms with Crippen LogP contribution in [-0.2, 0) is 4.79 Å². The Hall–Kier alpha value is -1.26. The Kier molecular flexibility index (Phi) is 5.12. The van der Waals surface area contributed by atoms with Crippen molar-refractivity contribution in [1.82, 2.24) is 0 Å². The van der Waals surface area contributed by atoms with E-state index in [1.54, 1.807) is 0 Å². The van der Waals surface area contributed by atoms with Crippen LogP contribution in [0.25, 0.3) is 0 Å². The smallest absolute Gasteiger partial charge is 0.245 e. The van der Waals surface area contributed by atoms with E-state index in [9.17, 15) is 4.79 Å². The molecule has 0 saturated carbocycles. The third-order valence-electron chi connectivity index (χ3n) is 4.18. The Morgan fingerprint density at radius 2 is 2.14 bits per heavy atom. The zero-order valence-electron chi connectivity index (χ0n) is 12.9. The van der Waals surface area contributed by atoms with Gasteiger partial charge in [0.15, 0.2) is 0 Å². The predicted octanol–water partition coefficient (Wildman–Crippen LogP) is 3.70. The highest BCUT2D eigenvalue weighted by atomic mass is 35.5. The molecule has 2 rings (SSSR count). The summed E-state index contributed by atoms with van der Waals surface area (Å²) < 4.78 is 0. The number of carbonyl (C=O) groups excluding carboxylic acids is 1. The average molecular weight is 310 g/mol. The quantitative estimate of drug-likeness (QED) is 0.842. The molecule has 2 atom stereocenters. The van der Waals surface area contributed by atoms with Crippen molar-refractivity contribution < 1.29 is 4.79 Å². The van der Waals surface area contributed by atoms with Gasteiger partial charge in [-0.25, -0.2) is 0 Å². The normalized spacial score (nSPS) is 18.3. The van der Waals surface area contributed by atoms with Crippen molar-refractivity contribution in [2.75, 3.05) is 16.8 Å². The first kappa shape index (κ1) is 16.1. The molecule has 0 radical (unpaired) electrons. The van der Waals surface area contributed by atoms with E-state index in [1.165, 1.54) is 0 Å². The fraction of sp³-hybridized carbons (Fsp3) is 0.562. The fourth-order valence-electron chi connectivity index (χ4n) is 2.64. The molecule has 0 aliphatic carbocycles. The van der Waals surface area contributed by atoms with Crippen LogP contribution >= 0.6 is 11.6 Å². The zero-order valence-corrected chi connectivity index (χ0v) is 13.7. The minimum absolute atomic E-state index is 0.165. The summed E-state index contributed by atoms with van der Waals surface area (Å²) >= 11 is 6.46. The third kappa shape index (κ3) is 3.16. The summed E-state index contributed by atoms with van der Waals surface area (Å²) in [7, 11) is 0. The van der Waals surface area contributed by atoms with E-state index >= 15 is 0 Å². The Balaban J connectivity index is 2.38. The maximum absolute atomic E-state index is 11.7. The molecular formula is C16H24ClN3O. The molecule has 2 unspecified atom stereocenters. The van der Waals surface area contributed by atoms with Gasteiger partial charge in [0.1, 0.15) is 6.04 Å². The maximum Gasteiger partial charge on any atom is 0.245 e. The number of nitrogens with two attached hydrogens (primary N) is 1. The molecule has 0 spiro atoms. The van der Waals surface area contributed by atoms with Crippen molar-refractivity contribution in [3.8, 4) is 0 Å². The van der Waals surface area contributed by atoms with Crippen molar-refractivity contribution in [1.29, 1.82) is 0 Å². The highest BCUT2D eigenvalue weighted by Gasteiger charge is 2.29. The molecule has 1 aliphatic heterocycles. The number of nitrogens with one attached hydrogen (secondary N) is 1. The second-order valence-electron chi connectivity index (χ2n) is 5.66. The average Bonchev–Trinajstić information content (AvgIpc) is 2.74. The number of halogens is 1. The first-order valence-corrected chi connectivity index (χ1v) is 8.03. The number of carbonyl (C=O) groups is 1. The molecule has 21 heavy (non-hydrogen) atoms. The SMILES string of the molecule is CCCCN(c1cc2c(cc1Cl)C(N)C(=O)N2)C(C)CC. The minimum Gasteiger partial charge on any atom is -0.368 e. The van der Waals surface area contributed by atoms with Crippen molar-refractivity contribution in [3.05, 3.63) is 22.7 Å². The summed E-state index contributed by atoms with van der Waals surface area (Å²) in [5.41, 5.74) is 8.42. The molecular weight excluding hydrogens is 286 g/mol. The Bertz CT molecular complexity index is 532. The fourth-order valence-corrected chi connectivity index (χ4v) is 2.92. The number of hydrogen-bond donors (Lipinski definition) is 2. The number of benzene rings is 1. The van der Waals surface area contributed by atoms with E-state index in [-0.39, 0.29) is 5.91 Å². The van der Waals surface area contributed by atoms with Gasteiger partial charge in [-0.3, -0.25) is 4.79 Å². The molecule has 0 bridgehead atoms. The Labute approximate surface area is 131 Å². The number of amides is 1. The second kappa shape index (κ2) is 6.67. The molecule has 0 saturated heterocycles. The highest BCUT2D eigenvalue weighted by Crippen LogP contribution is 2.39. The van der Waals surface area contributed by atoms with Gasteiger partial charge in [-0.1, -0.05) is 31.9 Å². The lowest BCUT2D eigenvalue weighted by atomic mass is 10.1. The summed E-state index contributed by atoms with van der Waals surface area (Å²) in [5, 5.41) is 3.50. The molecule has 1 heterocycles. The van der Waals surface area contributed by atoms with Crippen LogP contribution in [-0.4, -0.2) is 18.5 Å². The first-order valence-electron chi connectivity index (χ1n) is 7.66. The van der Waals surface area contributed by atoms with Gasteiger partial charge in [0, 0.05) is 23.8 Å². The maximum atomic E-state index is 11.7. The Morgan fingerprint density at radius 1 is 1.43 bits per heavy atom. The van der Waals surface area contributed by atoms with Gasteiger partial charge in [0.05, 0.1) is 10.7 Å². The molecule has 0 aromatic heterocycles. The number of hydrogen-bond acceptors (Lipinski definition) is 3. The number of unbranched alkanes of at least 4 members (excludes halogenated alkanes) is 1. The molecule has 1 aromatic carbocycles. The molecule has 4 nitrogen and oxygen atoms in total. The number of rotatable bonds is 6. The third-order valence-corrected chi connectivity index (χ3v) is 4.48. The first-order chi connectivity index (χ1) is 9.99. The van der Waals surface area contributed by atoms with E-state index < -0.39 is 6.04 Å². The molecule has 1 aromatic rings. The van der Waals surface area contributed by atoms with Gasteiger partial charge in [0.25, 0.3) is 0 Å². The van der Waals surface area contributed by atoms with Crippen LogP contribution in [0.4, 0.5) is 11.4 Å². The summed E-state index contributed by atoms with van der Waals surface area (Å²) in [5.74, 6) is -0.165. The predicted molar refractivity (Wildman–Crippen MR) is 89.0 cm³/mol. The van der Waals surface area contributed by atoms with Crippen LogP contribution in [0.5, 0.6) is 0 Å². The zero-order chi connectivity index (χ0) is 15.6. The lowest BCUT2D eigenvalue weighted by molar-refractivity contribution is -0.116. The number of anilines is 2. The van der Waals surface area contributed by atoms with Gasteiger partial charge in [-0.2, -0.15) is 0 Å². The van der Waals surface area contributed by atoms with E-state index in [0.717, 1.165) is 42.7 Å². The molecule has 1 amide bonds. The molecule has 0 fully saturated rings. The van der Waals surface area contributed by atoms with Crippen LogP contribution in [0.15, 0.2) is 12.1 Å². The van der Waals surface area contributed by atoms with Crippen LogP contribution in [0, 0.1) is 0 Å². The van der Waals surface area contributed by atoms with Crippen molar-refractivity contribution >= 4 is 28.9 Å². The standard InChI is InChI=1S/C16H24ClN3O/c1-4-6-7-20(10(3)5-2)14-9-13-11(8-12(14)17)15(18)16(21)19-13/h8-10,15H,4-7,18H2,1-3H3,(H,19,21). The highest BCUT2D eigenvalue weighted by molar-refractivity contribution is 6.33. The molecule has 1 aliphatic rings. The number of fused-ring (bicyclic) bond motifs is 1. The van der Waals surface area contributed by atoms with E-state index in [0.29, 0.717) is 11.1 Å². The van der Waals surface area contributed by atoms with Crippen LogP contribution in [0.3, 0.4) is 0 Å². The van der Waals surface area contributed by atoms with Crippen LogP contribution < -0.4 is 16.0 Å². The Morgan fingerprint density at radius 3 is 2.76 bits per heavy atom. The van der Waals surface area contributed by atoms with Crippen molar-refractivity contribution in [3.63, 3.8) is 0 Å². The second-order valence-corrected chi connectivity index (χ2v) is 6.07. The van der Waals surface area contributed by atoms with Gasteiger partial charge in [-0.05, 0) is 31.9 Å². The lowest BCUT2D eigenvalue weighted by Gasteiger charge is -2.32. The summed E-state index contributed by atoms with van der Waals surface area (Å²) in [4.78, 5) is 14.0. The topological polar surface area (TPSA) is 58.4 Å². The van der Waals surface area contributed by atoms with Crippen LogP contribution in [0.1, 0.15) is 51.6 Å². The van der Waals surface area contributed by atoms with E-state index in [1.807, 2.05) is 12.1 Å². The molecule has 116 valence electrons. The summed E-state index contributed by atoms with van der Waals surface area (Å²) in [6.07, 6.45) is 3.30. The van der Waals surface area contributed by atoms with E-state index in [4.69, 9.17) is 17.3 Å². The van der Waals surface area contributed by atoms with Crippen molar-refractivity contribution in [2.45, 2.75) is 52.1 Å². The minimum atomic E-state index is -0.612.